The van der Waals surface area contributed by atoms with Crippen molar-refractivity contribution in [2.75, 3.05) is 0 Å². The molecule has 1 atom stereocenters. The molecule has 0 heterocycles. The maximum absolute atomic E-state index is 13.1. The maximum Gasteiger partial charge on any atom is 0.305 e. The van der Waals surface area contributed by atoms with Crippen molar-refractivity contribution in [3.05, 3.63) is 71.0 Å². The average Bonchev–Trinajstić information content (AvgIpc) is 2.60. The number of halogens is 1. The Kier molecular flexibility index (Phi) is 6.86. The number of hydrogen-bond donors (Lipinski definition) is 2. The molecule has 0 bridgehead atoms. The van der Waals surface area contributed by atoms with Crippen molar-refractivity contribution in [2.45, 2.75) is 39.0 Å². The van der Waals surface area contributed by atoms with Crippen molar-refractivity contribution in [3.63, 3.8) is 0 Å². The highest BCUT2D eigenvalue weighted by molar-refractivity contribution is 5.94. The van der Waals surface area contributed by atoms with Crippen molar-refractivity contribution >= 4 is 11.9 Å². The zero-order chi connectivity index (χ0) is 19.1. The van der Waals surface area contributed by atoms with E-state index in [1.54, 1.807) is 24.3 Å². The summed E-state index contributed by atoms with van der Waals surface area (Å²) in [5, 5.41) is 11.8. The number of carbonyl (C=O) groups excluding carboxylic acids is 1. The first kappa shape index (κ1) is 19.6. The molecule has 1 amide bonds. The van der Waals surface area contributed by atoms with Crippen LogP contribution in [0.25, 0.3) is 0 Å². The zero-order valence-corrected chi connectivity index (χ0v) is 14.7. The molecule has 5 nitrogen and oxygen atoms in total. The van der Waals surface area contributed by atoms with Gasteiger partial charge in [0.2, 0.25) is 0 Å². The van der Waals surface area contributed by atoms with Crippen molar-refractivity contribution in [3.8, 4) is 0 Å². The fraction of sp³-hybridized carbons (Fsp3) is 0.300. The van der Waals surface area contributed by atoms with Crippen molar-refractivity contribution in [1.29, 1.82) is 0 Å². The van der Waals surface area contributed by atoms with Gasteiger partial charge in [-0.2, -0.15) is 0 Å². The summed E-state index contributed by atoms with van der Waals surface area (Å²) in [6.07, 6.45) is -0.178. The second kappa shape index (κ2) is 9.10. The molecule has 0 fully saturated rings. The SMILES string of the molecule is CC(C)OCc1ccc(C(=O)NC(CC(=O)O)c2ccc(F)cc2)cc1. The first-order valence-electron chi connectivity index (χ1n) is 8.34. The molecular weight excluding hydrogens is 337 g/mol. The third kappa shape index (κ3) is 5.97. The molecule has 0 aliphatic rings. The number of hydrogen-bond acceptors (Lipinski definition) is 3. The van der Waals surface area contributed by atoms with Gasteiger partial charge in [0.1, 0.15) is 5.82 Å². The first-order valence-corrected chi connectivity index (χ1v) is 8.34. The Morgan fingerprint density at radius 1 is 1.08 bits per heavy atom. The van der Waals surface area contributed by atoms with E-state index in [2.05, 4.69) is 5.32 Å². The second-order valence-corrected chi connectivity index (χ2v) is 6.23. The van der Waals surface area contributed by atoms with Crippen LogP contribution in [0, 0.1) is 5.82 Å². The lowest BCUT2D eigenvalue weighted by molar-refractivity contribution is -0.137. The summed E-state index contributed by atoms with van der Waals surface area (Å²) in [6.45, 7) is 4.34. The Morgan fingerprint density at radius 3 is 2.23 bits per heavy atom. The van der Waals surface area contributed by atoms with Gasteiger partial charge in [0.25, 0.3) is 5.91 Å². The Labute approximate surface area is 151 Å². The third-order valence-corrected chi connectivity index (χ3v) is 3.76. The monoisotopic (exact) mass is 359 g/mol. The quantitative estimate of drug-likeness (QED) is 0.754. The lowest BCUT2D eigenvalue weighted by Gasteiger charge is -2.18. The molecule has 0 aliphatic heterocycles. The minimum absolute atomic E-state index is 0.116. The minimum atomic E-state index is -1.05. The fourth-order valence-corrected chi connectivity index (χ4v) is 2.38. The minimum Gasteiger partial charge on any atom is -0.481 e. The van der Waals surface area contributed by atoms with E-state index in [4.69, 9.17) is 9.84 Å². The highest BCUT2D eigenvalue weighted by Gasteiger charge is 2.19. The molecule has 0 saturated heterocycles. The van der Waals surface area contributed by atoms with E-state index < -0.39 is 23.7 Å². The van der Waals surface area contributed by atoms with Gasteiger partial charge < -0.3 is 15.2 Å². The summed E-state index contributed by atoms with van der Waals surface area (Å²) >= 11 is 0. The number of benzene rings is 2. The van der Waals surface area contributed by atoms with E-state index in [-0.39, 0.29) is 12.5 Å². The number of rotatable bonds is 8. The summed E-state index contributed by atoms with van der Waals surface area (Å²) in [7, 11) is 0. The Bertz CT molecular complexity index is 741. The van der Waals surface area contributed by atoms with Crippen LogP contribution in [0.2, 0.25) is 0 Å². The molecule has 0 aliphatic carbocycles. The molecule has 0 radical (unpaired) electrons. The van der Waals surface area contributed by atoms with Gasteiger partial charge >= 0.3 is 5.97 Å². The Morgan fingerprint density at radius 2 is 1.69 bits per heavy atom. The molecule has 2 rings (SSSR count). The van der Waals surface area contributed by atoms with Crippen LogP contribution in [0.1, 0.15) is 47.8 Å². The molecular formula is C20H22FNO4. The normalized spacial score (nSPS) is 12.0. The topological polar surface area (TPSA) is 75.6 Å². The number of aliphatic carboxylic acids is 1. The third-order valence-electron chi connectivity index (χ3n) is 3.76. The maximum atomic E-state index is 13.1. The van der Waals surface area contributed by atoms with E-state index in [0.29, 0.717) is 17.7 Å². The van der Waals surface area contributed by atoms with Gasteiger partial charge in [-0.25, -0.2) is 4.39 Å². The number of amides is 1. The molecule has 1 unspecified atom stereocenters. The van der Waals surface area contributed by atoms with Gasteiger partial charge in [-0.15, -0.1) is 0 Å². The lowest BCUT2D eigenvalue weighted by atomic mass is 10.0. The van der Waals surface area contributed by atoms with Crippen LogP contribution in [-0.4, -0.2) is 23.1 Å². The lowest BCUT2D eigenvalue weighted by Crippen LogP contribution is -2.30. The highest BCUT2D eigenvalue weighted by atomic mass is 19.1. The number of ether oxygens (including phenoxy) is 1. The molecule has 0 spiro atoms. The zero-order valence-electron chi connectivity index (χ0n) is 14.7. The average molecular weight is 359 g/mol. The van der Waals surface area contributed by atoms with Gasteiger partial charge in [0.15, 0.2) is 0 Å². The van der Waals surface area contributed by atoms with Crippen LogP contribution in [-0.2, 0) is 16.1 Å². The largest absolute Gasteiger partial charge is 0.481 e. The standard InChI is InChI=1S/C20H22FNO4/c1-13(2)26-12-14-3-5-16(6-4-14)20(25)22-18(11-19(23)24)15-7-9-17(21)10-8-15/h3-10,13,18H,11-12H2,1-2H3,(H,22,25)(H,23,24). The van der Waals surface area contributed by atoms with E-state index in [1.165, 1.54) is 24.3 Å². The van der Waals surface area contributed by atoms with Crippen LogP contribution in [0.15, 0.2) is 48.5 Å². The second-order valence-electron chi connectivity index (χ2n) is 6.23. The summed E-state index contributed by atoms with van der Waals surface area (Å²) < 4.78 is 18.6. The van der Waals surface area contributed by atoms with Gasteiger partial charge in [-0.05, 0) is 49.2 Å². The molecule has 0 saturated carbocycles. The molecule has 0 aromatic heterocycles. The van der Waals surface area contributed by atoms with Gasteiger partial charge in [-0.3, -0.25) is 9.59 Å². The number of nitrogens with one attached hydrogen (secondary N) is 1. The van der Waals surface area contributed by atoms with E-state index in [1.807, 2.05) is 13.8 Å². The molecule has 2 aromatic rings. The fourth-order valence-electron chi connectivity index (χ4n) is 2.38. The smallest absolute Gasteiger partial charge is 0.305 e. The van der Waals surface area contributed by atoms with Gasteiger partial charge in [-0.1, -0.05) is 24.3 Å². The van der Waals surface area contributed by atoms with Crippen LogP contribution in [0.4, 0.5) is 4.39 Å². The highest BCUT2D eigenvalue weighted by Crippen LogP contribution is 2.18. The molecule has 2 aromatic carbocycles. The first-order chi connectivity index (χ1) is 12.3. The van der Waals surface area contributed by atoms with Crippen LogP contribution < -0.4 is 5.32 Å². The summed E-state index contributed by atoms with van der Waals surface area (Å²) in [5.74, 6) is -1.87. The van der Waals surface area contributed by atoms with Crippen LogP contribution in [0.5, 0.6) is 0 Å². The molecule has 138 valence electrons. The molecule has 6 heteroatoms. The molecule has 2 N–H and O–H groups in total. The Balaban J connectivity index is 2.08. The predicted molar refractivity (Wildman–Crippen MR) is 95.2 cm³/mol. The Hall–Kier alpha value is -2.73. The van der Waals surface area contributed by atoms with E-state index in [9.17, 15) is 14.0 Å². The summed E-state index contributed by atoms with van der Waals surface area (Å²) in [4.78, 5) is 23.5. The molecule has 26 heavy (non-hydrogen) atoms. The van der Waals surface area contributed by atoms with E-state index in [0.717, 1.165) is 5.56 Å². The van der Waals surface area contributed by atoms with Crippen molar-refractivity contribution in [2.24, 2.45) is 0 Å². The summed E-state index contributed by atoms with van der Waals surface area (Å²) in [6, 6.07) is 11.6. The van der Waals surface area contributed by atoms with Crippen molar-refractivity contribution in [1.82, 2.24) is 5.32 Å². The number of carboxylic acids is 1. The van der Waals surface area contributed by atoms with Gasteiger partial charge in [0.05, 0.1) is 25.2 Å². The van der Waals surface area contributed by atoms with Crippen LogP contribution >= 0.6 is 0 Å². The summed E-state index contributed by atoms with van der Waals surface area (Å²) in [5.41, 5.74) is 1.88. The van der Waals surface area contributed by atoms with Gasteiger partial charge in [0, 0.05) is 5.56 Å². The number of carbonyl (C=O) groups is 2. The number of carboxylic acid groups (broad SMARTS) is 1. The van der Waals surface area contributed by atoms with Crippen molar-refractivity contribution < 1.29 is 23.8 Å². The predicted octanol–water partition coefficient (Wildman–Crippen LogP) is 3.70. The van der Waals surface area contributed by atoms with Crippen LogP contribution in [0.3, 0.4) is 0 Å². The van der Waals surface area contributed by atoms with E-state index >= 15 is 0 Å².